The average Bonchev–Trinajstić information content (AvgIpc) is 3.88. The van der Waals surface area contributed by atoms with E-state index in [1.165, 1.54) is 0 Å². The van der Waals surface area contributed by atoms with Gasteiger partial charge in [-0.2, -0.15) is 0 Å². The summed E-state index contributed by atoms with van der Waals surface area (Å²) < 4.78 is 41.7. The summed E-state index contributed by atoms with van der Waals surface area (Å²) in [5, 5.41) is 107. The highest BCUT2D eigenvalue weighted by atomic mass is 16.8. The maximum Gasteiger partial charge on any atom is 0.333 e. The summed E-state index contributed by atoms with van der Waals surface area (Å²) in [5.41, 5.74) is 0.285. The molecule has 0 aromatic carbocycles. The first-order chi connectivity index (χ1) is 30.6. The summed E-state index contributed by atoms with van der Waals surface area (Å²) in [6.07, 6.45) is -12.9. The number of carbonyl (C=O) groups is 1. The lowest BCUT2D eigenvalue weighted by molar-refractivity contribution is -0.371. The Morgan fingerprint density at radius 3 is 2.06 bits per heavy atom. The number of fused-ring (bicyclic) bond motifs is 2. The second-order valence-electron chi connectivity index (χ2n) is 22.6. The second kappa shape index (κ2) is 17.2. The van der Waals surface area contributed by atoms with Gasteiger partial charge in [0, 0.05) is 12.0 Å². The molecule has 3 saturated heterocycles. The van der Waals surface area contributed by atoms with E-state index >= 15 is 0 Å². The largest absolute Gasteiger partial charge is 0.458 e. The molecule has 0 unspecified atom stereocenters. The molecule has 0 amide bonds. The van der Waals surface area contributed by atoms with Crippen molar-refractivity contribution in [3.05, 3.63) is 11.6 Å². The number of hydrogen-bond acceptors (Lipinski definition) is 18. The van der Waals surface area contributed by atoms with Gasteiger partial charge in [-0.15, -0.1) is 0 Å². The molecule has 18 heteroatoms. The Kier molecular flexibility index (Phi) is 12.8. The zero-order valence-electron chi connectivity index (χ0n) is 38.4. The smallest absolute Gasteiger partial charge is 0.333 e. The normalized spacial score (nSPS) is 55.4. The highest BCUT2D eigenvalue weighted by Gasteiger charge is 2.83. The van der Waals surface area contributed by atoms with E-state index in [2.05, 4.69) is 34.6 Å². The van der Waals surface area contributed by atoms with Crippen LogP contribution in [0.1, 0.15) is 99.3 Å². The highest BCUT2D eigenvalue weighted by molar-refractivity contribution is 5.88. The highest BCUT2D eigenvalue weighted by Crippen LogP contribution is 2.89. The molecule has 18 nitrogen and oxygen atoms in total. The molecule has 0 radical (unpaired) electrons. The second-order valence-corrected chi connectivity index (χ2v) is 22.6. The Morgan fingerprint density at radius 1 is 0.723 bits per heavy atom. The molecule has 9 rings (SSSR count). The van der Waals surface area contributed by atoms with Crippen LogP contribution < -0.4 is 0 Å². The third-order valence-corrected chi connectivity index (χ3v) is 19.5. The number of carbonyl (C=O) groups excluding carboxylic acids is 1. The minimum Gasteiger partial charge on any atom is -0.458 e. The van der Waals surface area contributed by atoms with Gasteiger partial charge in [0.25, 0.3) is 0 Å². The van der Waals surface area contributed by atoms with Crippen molar-refractivity contribution in [3.8, 4) is 0 Å². The van der Waals surface area contributed by atoms with E-state index in [9.17, 15) is 55.9 Å². The van der Waals surface area contributed by atoms with E-state index in [0.29, 0.717) is 30.3 Å². The standard InChI is InChI=1S/C47H74O18/c1-20-7-8-24(61-39(20)58)21(2)30-22(49)15-45(6)28-10-9-27-43(3,4)29(11-12-46(27)19-47(28,46)14-13-44(30,45)5)64-42-38(31(51)23(50)17-59-42)65-41-37(57)35(55)33(53)26(63-41)18-60-40-36(56)34(54)32(52)25(16-48)62-40/h7,21-38,40-42,48-57H,8-19H2,1-6H3/t21-,22+,23-,24-,25+,26+,27-,28+,29-,30-,31-,32+,33+,34-,35-,36+,37+,38+,40+,41-,42-,44+,45-,46+,47-/m1/s1. The van der Waals surface area contributed by atoms with Crippen LogP contribution in [0.2, 0.25) is 0 Å². The third-order valence-electron chi connectivity index (χ3n) is 19.5. The number of esters is 1. The van der Waals surface area contributed by atoms with Crippen molar-refractivity contribution in [2.24, 2.45) is 50.7 Å². The van der Waals surface area contributed by atoms with Gasteiger partial charge in [-0.1, -0.05) is 40.7 Å². The van der Waals surface area contributed by atoms with E-state index < -0.39 is 105 Å². The number of rotatable bonds is 10. The van der Waals surface area contributed by atoms with Crippen LogP contribution >= 0.6 is 0 Å². The predicted molar refractivity (Wildman–Crippen MR) is 224 cm³/mol. The topological polar surface area (TPSA) is 284 Å². The van der Waals surface area contributed by atoms with Gasteiger partial charge < -0.3 is 84.2 Å². The molecule has 4 heterocycles. The molecule has 5 saturated carbocycles. The minimum atomic E-state index is -1.84. The predicted octanol–water partition coefficient (Wildman–Crippen LogP) is -0.233. The van der Waals surface area contributed by atoms with Crippen molar-refractivity contribution >= 4 is 5.97 Å². The molecule has 0 aromatic rings. The summed E-state index contributed by atoms with van der Waals surface area (Å²) in [5.74, 6) is 0.481. The molecule has 10 N–H and O–H groups in total. The molecule has 9 aliphatic rings. The first kappa shape index (κ1) is 48.6. The van der Waals surface area contributed by atoms with E-state index in [-0.39, 0.29) is 63.7 Å². The van der Waals surface area contributed by atoms with Gasteiger partial charge in [0.15, 0.2) is 18.9 Å². The first-order valence-electron chi connectivity index (χ1n) is 24.0. The van der Waals surface area contributed by atoms with E-state index in [4.69, 9.17) is 33.2 Å². The lowest BCUT2D eigenvalue weighted by atomic mass is 9.41. The maximum atomic E-state index is 12.6. The number of hydrogen-bond donors (Lipinski definition) is 10. The van der Waals surface area contributed by atoms with Crippen molar-refractivity contribution in [1.82, 2.24) is 0 Å². The summed E-state index contributed by atoms with van der Waals surface area (Å²) in [6.45, 7) is 11.7. The van der Waals surface area contributed by atoms with Gasteiger partial charge in [0.1, 0.15) is 73.2 Å². The first-order valence-corrected chi connectivity index (χ1v) is 24.0. The molecule has 4 aliphatic heterocycles. The van der Waals surface area contributed by atoms with E-state index in [0.717, 1.165) is 44.9 Å². The van der Waals surface area contributed by atoms with Crippen molar-refractivity contribution in [2.75, 3.05) is 19.8 Å². The Labute approximate surface area is 380 Å². The number of aliphatic hydroxyl groups is 10. The van der Waals surface area contributed by atoms with Crippen LogP contribution in [-0.4, -0.2) is 181 Å². The van der Waals surface area contributed by atoms with Crippen LogP contribution in [0.4, 0.5) is 0 Å². The molecule has 8 fully saturated rings. The minimum absolute atomic E-state index is 0.00572. The van der Waals surface area contributed by atoms with Gasteiger partial charge in [0.2, 0.25) is 0 Å². The van der Waals surface area contributed by atoms with E-state index in [1.807, 2.05) is 6.08 Å². The zero-order chi connectivity index (χ0) is 46.9. The van der Waals surface area contributed by atoms with Crippen LogP contribution in [0, 0.1) is 50.7 Å². The lowest BCUT2D eigenvalue weighted by Crippen LogP contribution is -2.64. The van der Waals surface area contributed by atoms with Crippen molar-refractivity contribution in [2.45, 2.75) is 204 Å². The van der Waals surface area contributed by atoms with Gasteiger partial charge in [-0.05, 0) is 109 Å². The summed E-state index contributed by atoms with van der Waals surface area (Å²) in [4.78, 5) is 12.6. The summed E-state index contributed by atoms with van der Waals surface area (Å²) >= 11 is 0. The van der Waals surface area contributed by atoms with Crippen LogP contribution in [0.3, 0.4) is 0 Å². The van der Waals surface area contributed by atoms with Gasteiger partial charge in [-0.3, -0.25) is 0 Å². The number of cyclic esters (lactones) is 1. The molecule has 0 aromatic heterocycles. The SMILES string of the molecule is CC1=CC[C@H]([C@@H](C)[C@@H]2[C@@H](O)C[C@]3(C)[C@@H]4CC[C@@H]5C(C)(C)[C@H](O[C@H]6OC[C@@H](O)[C@@H](O)[C@@H]6O[C@H]6O[C@@H](CO[C@H]7O[C@@H](CO)[C@H](O)[C@@H](O)[C@@H]7O)[C@H](O)[C@@H](O)[C@@H]6O)CC[C@]56C[C@]46CC[C@@]23C)OC1=O. The van der Waals surface area contributed by atoms with Crippen molar-refractivity contribution in [1.29, 1.82) is 0 Å². The lowest BCUT2D eigenvalue weighted by Gasteiger charge is -2.63. The quantitative estimate of drug-likeness (QED) is 0.100. The van der Waals surface area contributed by atoms with Gasteiger partial charge >= 0.3 is 5.97 Å². The fourth-order valence-electron chi connectivity index (χ4n) is 15.7. The Balaban J connectivity index is 0.879. The van der Waals surface area contributed by atoms with Crippen LogP contribution in [-0.2, 0) is 38.0 Å². The van der Waals surface area contributed by atoms with Gasteiger partial charge in [0.05, 0.1) is 32.0 Å². The Morgan fingerprint density at radius 2 is 1.37 bits per heavy atom. The molecule has 5 aliphatic carbocycles. The molecule has 25 atom stereocenters. The Hall–Kier alpha value is -1.43. The fourth-order valence-corrected chi connectivity index (χ4v) is 15.7. The molecule has 65 heavy (non-hydrogen) atoms. The van der Waals surface area contributed by atoms with E-state index in [1.54, 1.807) is 6.92 Å². The fraction of sp³-hybridized carbons (Fsp3) is 0.936. The molecule has 0 bridgehead atoms. The average molecular weight is 927 g/mol. The van der Waals surface area contributed by atoms with Crippen LogP contribution in [0.5, 0.6) is 0 Å². The Bertz CT molecular complexity index is 1800. The monoisotopic (exact) mass is 926 g/mol. The van der Waals surface area contributed by atoms with Crippen LogP contribution in [0.15, 0.2) is 11.6 Å². The van der Waals surface area contributed by atoms with Crippen LogP contribution in [0.25, 0.3) is 0 Å². The number of aliphatic hydroxyl groups excluding tert-OH is 10. The zero-order valence-corrected chi connectivity index (χ0v) is 38.4. The maximum absolute atomic E-state index is 12.6. The summed E-state index contributed by atoms with van der Waals surface area (Å²) in [6, 6.07) is 0. The molecule has 2 spiro atoms. The molecule has 370 valence electrons. The van der Waals surface area contributed by atoms with Gasteiger partial charge in [-0.25, -0.2) is 4.79 Å². The van der Waals surface area contributed by atoms with Crippen molar-refractivity contribution < 1.29 is 89.0 Å². The van der Waals surface area contributed by atoms with Crippen molar-refractivity contribution in [3.63, 3.8) is 0 Å². The molecular weight excluding hydrogens is 852 g/mol. The summed E-state index contributed by atoms with van der Waals surface area (Å²) in [7, 11) is 0. The molecular formula is C47H74O18. The third kappa shape index (κ3) is 7.36. The number of ether oxygens (including phenoxy) is 7.